The van der Waals surface area contributed by atoms with Gasteiger partial charge in [0, 0.05) is 6.07 Å². The van der Waals surface area contributed by atoms with E-state index < -0.39 is 0 Å². The maximum absolute atomic E-state index is 9.25. The number of hydrogen-bond donors (Lipinski definition) is 1. The lowest BCUT2D eigenvalue weighted by atomic mass is 10.1. The summed E-state index contributed by atoms with van der Waals surface area (Å²) in [6.07, 6.45) is 1.86. The molecule has 0 saturated heterocycles. The summed E-state index contributed by atoms with van der Waals surface area (Å²) < 4.78 is 10.2. The first-order valence-electron chi connectivity index (χ1n) is 6.21. The zero-order chi connectivity index (χ0) is 14.7. The van der Waals surface area contributed by atoms with Gasteiger partial charge < -0.3 is 14.4 Å². The second-order valence-electron chi connectivity index (χ2n) is 4.30. The molecule has 2 aromatic heterocycles. The quantitative estimate of drug-likeness (QED) is 0.781. The Hall–Kier alpha value is -2.96. The van der Waals surface area contributed by atoms with E-state index in [4.69, 9.17) is 9.26 Å². The summed E-state index contributed by atoms with van der Waals surface area (Å²) in [5.41, 5.74) is 1.49. The number of ether oxygens (including phenoxy) is 1. The van der Waals surface area contributed by atoms with Gasteiger partial charge in [-0.3, -0.25) is 0 Å². The van der Waals surface area contributed by atoms with Crippen LogP contribution < -0.4 is 4.74 Å². The first-order valence-corrected chi connectivity index (χ1v) is 6.21. The van der Waals surface area contributed by atoms with E-state index in [1.54, 1.807) is 30.3 Å². The Morgan fingerprint density at radius 3 is 2.76 bits per heavy atom. The molecule has 3 aromatic rings. The van der Waals surface area contributed by atoms with Crippen LogP contribution in [0.2, 0.25) is 0 Å². The molecular weight excluding hydrogens is 272 g/mol. The summed E-state index contributed by atoms with van der Waals surface area (Å²) in [5.74, 6) is 1.50. The maximum atomic E-state index is 9.25. The molecule has 0 aliphatic rings. The van der Waals surface area contributed by atoms with Crippen LogP contribution in [-0.4, -0.2) is 32.3 Å². The van der Waals surface area contributed by atoms with Crippen LogP contribution in [0.1, 0.15) is 11.5 Å². The van der Waals surface area contributed by atoms with Crippen LogP contribution in [0.15, 0.2) is 41.2 Å². The average molecular weight is 284 g/mol. The molecule has 0 amide bonds. The number of nitrogens with zero attached hydrogens (tertiary/aromatic N) is 4. The number of rotatable bonds is 4. The van der Waals surface area contributed by atoms with Gasteiger partial charge >= 0.3 is 0 Å². The molecule has 3 rings (SSSR count). The number of phenolic OH excluding ortho intramolecular Hbond substituents is 1. The summed E-state index contributed by atoms with van der Waals surface area (Å²) >= 11 is 0. The third-order valence-electron chi connectivity index (χ3n) is 2.84. The largest absolute Gasteiger partial charge is 0.508 e. The van der Waals surface area contributed by atoms with Gasteiger partial charge in [0.15, 0.2) is 0 Å². The Balaban J connectivity index is 1.81. The molecule has 0 bridgehead atoms. The smallest absolute Gasteiger partial charge is 0.231 e. The molecule has 7 heteroatoms. The third kappa shape index (κ3) is 2.97. The maximum Gasteiger partial charge on any atom is 0.231 e. The fourth-order valence-electron chi connectivity index (χ4n) is 1.79. The molecule has 0 unspecified atom stereocenters. The van der Waals surface area contributed by atoms with E-state index in [0.29, 0.717) is 29.7 Å². The molecule has 1 aromatic carbocycles. The van der Waals surface area contributed by atoms with E-state index in [1.807, 2.05) is 0 Å². The minimum atomic E-state index is 0.220. The highest BCUT2D eigenvalue weighted by Crippen LogP contribution is 2.18. The Labute approximate surface area is 120 Å². The molecule has 0 radical (unpaired) electrons. The number of aromatic nitrogens is 4. The monoisotopic (exact) mass is 284 g/mol. The van der Waals surface area contributed by atoms with Crippen molar-refractivity contribution in [1.82, 2.24) is 20.1 Å². The van der Waals surface area contributed by atoms with Crippen molar-refractivity contribution in [3.63, 3.8) is 0 Å². The Morgan fingerprint density at radius 1 is 1.19 bits per heavy atom. The van der Waals surface area contributed by atoms with Crippen LogP contribution in [0.5, 0.6) is 11.6 Å². The van der Waals surface area contributed by atoms with Crippen molar-refractivity contribution in [1.29, 1.82) is 0 Å². The van der Waals surface area contributed by atoms with E-state index in [0.717, 1.165) is 5.56 Å². The fourth-order valence-corrected chi connectivity index (χ4v) is 1.79. The van der Waals surface area contributed by atoms with Crippen LogP contribution in [0, 0.1) is 0 Å². The predicted octanol–water partition coefficient (Wildman–Crippen LogP) is 1.83. The van der Waals surface area contributed by atoms with Gasteiger partial charge in [0.05, 0.1) is 13.5 Å². The molecule has 0 fully saturated rings. The van der Waals surface area contributed by atoms with Crippen LogP contribution in [0.4, 0.5) is 0 Å². The van der Waals surface area contributed by atoms with E-state index in [-0.39, 0.29) is 5.75 Å². The third-order valence-corrected chi connectivity index (χ3v) is 2.84. The molecule has 0 spiro atoms. The molecule has 0 atom stereocenters. The molecular formula is C14H12N4O3. The number of benzene rings is 1. The van der Waals surface area contributed by atoms with Gasteiger partial charge in [-0.2, -0.15) is 4.98 Å². The van der Waals surface area contributed by atoms with Gasteiger partial charge in [0.2, 0.25) is 17.6 Å². The van der Waals surface area contributed by atoms with Gasteiger partial charge in [-0.05, 0) is 17.7 Å². The highest BCUT2D eigenvalue weighted by molar-refractivity contribution is 5.49. The molecule has 7 nitrogen and oxygen atoms in total. The normalized spacial score (nSPS) is 10.5. The Kier molecular flexibility index (Phi) is 3.46. The van der Waals surface area contributed by atoms with Crippen LogP contribution >= 0.6 is 0 Å². The highest BCUT2D eigenvalue weighted by Gasteiger charge is 2.11. The SMILES string of the molecule is COc1cc(-c2noc(Cc3ccc(O)cc3)n2)ncn1. The minimum absolute atomic E-state index is 0.220. The predicted molar refractivity (Wildman–Crippen MR) is 72.8 cm³/mol. The minimum Gasteiger partial charge on any atom is -0.508 e. The van der Waals surface area contributed by atoms with Crippen molar-refractivity contribution < 1.29 is 14.4 Å². The summed E-state index contributed by atoms with van der Waals surface area (Å²) in [5, 5.41) is 13.1. The van der Waals surface area contributed by atoms with Crippen molar-refractivity contribution in [2.24, 2.45) is 0 Å². The topological polar surface area (TPSA) is 94.2 Å². The van der Waals surface area contributed by atoms with Crippen LogP contribution in [0.3, 0.4) is 0 Å². The van der Waals surface area contributed by atoms with E-state index in [1.165, 1.54) is 13.4 Å². The summed E-state index contributed by atoms with van der Waals surface area (Å²) in [6, 6.07) is 8.46. The summed E-state index contributed by atoms with van der Waals surface area (Å²) in [7, 11) is 1.53. The second-order valence-corrected chi connectivity index (χ2v) is 4.30. The number of hydrogen-bond acceptors (Lipinski definition) is 7. The number of phenols is 1. The standard InChI is InChI=1S/C14H12N4O3/c1-20-12-7-11(15-8-16-12)14-17-13(21-18-14)6-9-2-4-10(19)5-3-9/h2-5,7-8,19H,6H2,1H3. The number of methoxy groups -OCH3 is 1. The van der Waals surface area contributed by atoms with Gasteiger partial charge in [-0.15, -0.1) is 0 Å². The Bertz CT molecular complexity index is 740. The molecule has 106 valence electrons. The first kappa shape index (κ1) is 13.0. The molecule has 21 heavy (non-hydrogen) atoms. The zero-order valence-electron chi connectivity index (χ0n) is 11.2. The first-order chi connectivity index (χ1) is 10.2. The van der Waals surface area contributed by atoms with Gasteiger partial charge in [-0.25, -0.2) is 9.97 Å². The van der Waals surface area contributed by atoms with Crippen molar-refractivity contribution >= 4 is 0 Å². The van der Waals surface area contributed by atoms with Crippen LogP contribution in [-0.2, 0) is 6.42 Å². The van der Waals surface area contributed by atoms with Crippen molar-refractivity contribution in [3.05, 3.63) is 48.1 Å². The van der Waals surface area contributed by atoms with E-state index in [2.05, 4.69) is 20.1 Å². The molecule has 0 aliphatic heterocycles. The zero-order valence-corrected chi connectivity index (χ0v) is 11.2. The van der Waals surface area contributed by atoms with Gasteiger partial charge in [-0.1, -0.05) is 17.3 Å². The molecule has 0 aliphatic carbocycles. The molecule has 0 saturated carbocycles. The lowest BCUT2D eigenvalue weighted by Crippen LogP contribution is -1.92. The van der Waals surface area contributed by atoms with Crippen molar-refractivity contribution in [2.45, 2.75) is 6.42 Å². The second kappa shape index (κ2) is 5.58. The van der Waals surface area contributed by atoms with E-state index in [9.17, 15) is 5.11 Å². The molecule has 2 heterocycles. The molecule has 1 N–H and O–H groups in total. The summed E-state index contributed by atoms with van der Waals surface area (Å²) in [4.78, 5) is 12.3. The highest BCUT2D eigenvalue weighted by atomic mass is 16.5. The summed E-state index contributed by atoms with van der Waals surface area (Å²) in [6.45, 7) is 0. The number of aromatic hydroxyl groups is 1. The van der Waals surface area contributed by atoms with Crippen molar-refractivity contribution in [2.75, 3.05) is 7.11 Å². The van der Waals surface area contributed by atoms with E-state index >= 15 is 0 Å². The van der Waals surface area contributed by atoms with Gasteiger partial charge in [0.1, 0.15) is 17.8 Å². The van der Waals surface area contributed by atoms with Crippen molar-refractivity contribution in [3.8, 4) is 23.1 Å². The lowest BCUT2D eigenvalue weighted by Gasteiger charge is -1.98. The average Bonchev–Trinajstić information content (AvgIpc) is 2.98. The lowest BCUT2D eigenvalue weighted by molar-refractivity contribution is 0.385. The van der Waals surface area contributed by atoms with Crippen LogP contribution in [0.25, 0.3) is 11.5 Å². The Morgan fingerprint density at radius 2 is 2.00 bits per heavy atom. The van der Waals surface area contributed by atoms with Gasteiger partial charge in [0.25, 0.3) is 0 Å². The fraction of sp³-hybridized carbons (Fsp3) is 0.143.